The number of Topliss-reactive ketones (excluding diaryl/α,β-unsaturated/α-hetero) is 1. The van der Waals surface area contributed by atoms with Crippen molar-refractivity contribution in [2.45, 2.75) is 43.2 Å². The molecule has 9 heteroatoms. The van der Waals surface area contributed by atoms with E-state index in [2.05, 4.69) is 0 Å². The van der Waals surface area contributed by atoms with Gasteiger partial charge in [-0.25, -0.2) is 0 Å². The molecule has 0 aromatic heterocycles. The standard InChI is InChI=1S/C20H22N2O6S/c1-13-7-9-16(22(26)27)19(11-13)29-28-18(10-8-15(21)20(24)25)17(23)12-14-5-3-2-4-6-14/h2-7,9,11,15,18H,8,10,12,21H2,1H3,(H,24,25). The van der Waals surface area contributed by atoms with Crippen LogP contribution in [0.1, 0.15) is 24.0 Å². The van der Waals surface area contributed by atoms with Gasteiger partial charge in [0.15, 0.2) is 5.78 Å². The van der Waals surface area contributed by atoms with Gasteiger partial charge in [0.1, 0.15) is 17.0 Å². The van der Waals surface area contributed by atoms with Crippen LogP contribution in [0.3, 0.4) is 0 Å². The van der Waals surface area contributed by atoms with Gasteiger partial charge in [0.2, 0.25) is 0 Å². The van der Waals surface area contributed by atoms with E-state index >= 15 is 0 Å². The lowest BCUT2D eigenvalue weighted by Crippen LogP contribution is -2.33. The molecule has 2 aromatic rings. The number of aliphatic carboxylic acids is 1. The Morgan fingerprint density at radius 3 is 2.52 bits per heavy atom. The van der Waals surface area contributed by atoms with Crippen LogP contribution in [0.2, 0.25) is 0 Å². The summed E-state index contributed by atoms with van der Waals surface area (Å²) in [6, 6.07) is 12.5. The topological polar surface area (TPSA) is 133 Å². The zero-order chi connectivity index (χ0) is 21.4. The van der Waals surface area contributed by atoms with E-state index < -0.39 is 23.0 Å². The number of aryl methyl sites for hydroxylation is 1. The average Bonchev–Trinajstić information content (AvgIpc) is 2.68. The molecule has 2 aromatic carbocycles. The Kier molecular flexibility index (Phi) is 8.32. The van der Waals surface area contributed by atoms with Crippen molar-refractivity contribution in [3.63, 3.8) is 0 Å². The van der Waals surface area contributed by atoms with Crippen molar-refractivity contribution in [1.82, 2.24) is 0 Å². The summed E-state index contributed by atoms with van der Waals surface area (Å²) in [6.45, 7) is 1.79. The number of carboxylic acid groups (broad SMARTS) is 1. The number of rotatable bonds is 11. The van der Waals surface area contributed by atoms with Crippen LogP contribution in [0.25, 0.3) is 0 Å². The summed E-state index contributed by atoms with van der Waals surface area (Å²) in [6.07, 6.45) is -0.724. The first kappa shape index (κ1) is 22.5. The van der Waals surface area contributed by atoms with E-state index in [-0.39, 0.29) is 35.6 Å². The van der Waals surface area contributed by atoms with Gasteiger partial charge < -0.3 is 10.8 Å². The summed E-state index contributed by atoms with van der Waals surface area (Å²) in [5.41, 5.74) is 7.02. The molecule has 0 saturated heterocycles. The van der Waals surface area contributed by atoms with Crippen molar-refractivity contribution in [3.05, 3.63) is 69.8 Å². The molecule has 0 radical (unpaired) electrons. The van der Waals surface area contributed by atoms with Crippen LogP contribution in [0.4, 0.5) is 5.69 Å². The van der Waals surface area contributed by atoms with Crippen LogP contribution in [-0.4, -0.2) is 33.9 Å². The maximum Gasteiger partial charge on any atom is 0.320 e. The van der Waals surface area contributed by atoms with Crippen LogP contribution in [0.15, 0.2) is 53.4 Å². The number of nitro benzene ring substituents is 1. The lowest BCUT2D eigenvalue weighted by atomic mass is 10.0. The Hall–Kier alpha value is -2.75. The molecule has 3 N–H and O–H groups in total. The molecular formula is C20H22N2O6S. The fourth-order valence-corrected chi connectivity index (χ4v) is 3.46. The number of nitro groups is 1. The smallest absolute Gasteiger partial charge is 0.320 e. The number of carbonyl (C=O) groups is 2. The van der Waals surface area contributed by atoms with Crippen LogP contribution >= 0.6 is 12.0 Å². The Labute approximate surface area is 172 Å². The largest absolute Gasteiger partial charge is 0.480 e. The predicted octanol–water partition coefficient (Wildman–Crippen LogP) is 3.30. The monoisotopic (exact) mass is 418 g/mol. The third-order valence-corrected chi connectivity index (χ3v) is 5.04. The summed E-state index contributed by atoms with van der Waals surface area (Å²) in [7, 11) is 0. The molecule has 154 valence electrons. The summed E-state index contributed by atoms with van der Waals surface area (Å²) in [5.74, 6) is -1.42. The number of ketones is 1. The van der Waals surface area contributed by atoms with Crippen molar-refractivity contribution in [2.75, 3.05) is 0 Å². The van der Waals surface area contributed by atoms with Crippen molar-refractivity contribution in [2.24, 2.45) is 5.73 Å². The van der Waals surface area contributed by atoms with Gasteiger partial charge in [0.25, 0.3) is 5.69 Å². The summed E-state index contributed by atoms with van der Waals surface area (Å²) < 4.78 is 5.65. The molecule has 0 aliphatic rings. The van der Waals surface area contributed by atoms with Crippen LogP contribution in [-0.2, 0) is 20.2 Å². The fourth-order valence-electron chi connectivity index (χ4n) is 2.58. The Balaban J connectivity index is 2.14. The van der Waals surface area contributed by atoms with Crippen molar-refractivity contribution < 1.29 is 23.8 Å². The van der Waals surface area contributed by atoms with Gasteiger partial charge >= 0.3 is 5.97 Å². The molecule has 0 fully saturated rings. The van der Waals surface area contributed by atoms with Gasteiger partial charge in [-0.1, -0.05) is 36.4 Å². The molecule has 0 spiro atoms. The molecule has 8 nitrogen and oxygen atoms in total. The van der Waals surface area contributed by atoms with Gasteiger partial charge in [-0.3, -0.25) is 23.9 Å². The molecule has 0 heterocycles. The zero-order valence-electron chi connectivity index (χ0n) is 15.8. The first-order valence-corrected chi connectivity index (χ1v) is 9.65. The highest BCUT2D eigenvalue weighted by atomic mass is 32.2. The number of hydrogen-bond donors (Lipinski definition) is 2. The molecule has 0 amide bonds. The van der Waals surface area contributed by atoms with E-state index in [1.54, 1.807) is 31.2 Å². The second kappa shape index (κ2) is 10.7. The lowest BCUT2D eigenvalue weighted by Gasteiger charge is -2.17. The van der Waals surface area contributed by atoms with E-state index in [9.17, 15) is 19.7 Å². The molecular weight excluding hydrogens is 396 g/mol. The normalized spacial score (nSPS) is 12.9. The highest BCUT2D eigenvalue weighted by molar-refractivity contribution is 7.94. The Bertz CT molecular complexity index is 875. The van der Waals surface area contributed by atoms with Gasteiger partial charge in [-0.15, -0.1) is 0 Å². The van der Waals surface area contributed by atoms with E-state index in [1.165, 1.54) is 6.07 Å². The first-order valence-electron chi connectivity index (χ1n) is 8.91. The minimum Gasteiger partial charge on any atom is -0.480 e. The van der Waals surface area contributed by atoms with Crippen molar-refractivity contribution in [3.8, 4) is 0 Å². The first-order chi connectivity index (χ1) is 13.8. The predicted molar refractivity (Wildman–Crippen MR) is 109 cm³/mol. The van der Waals surface area contributed by atoms with Gasteiger partial charge in [0.05, 0.1) is 4.92 Å². The van der Waals surface area contributed by atoms with Crippen molar-refractivity contribution in [1.29, 1.82) is 0 Å². The SMILES string of the molecule is Cc1ccc([N+](=O)[O-])c(SOC(CCC(N)C(=O)O)C(=O)Cc2ccccc2)c1. The summed E-state index contributed by atoms with van der Waals surface area (Å²) in [5, 5.41) is 20.2. The van der Waals surface area contributed by atoms with Gasteiger partial charge in [-0.2, -0.15) is 0 Å². The molecule has 2 atom stereocenters. The molecule has 0 aliphatic carbocycles. The van der Waals surface area contributed by atoms with E-state index in [1.807, 2.05) is 18.2 Å². The minimum absolute atomic E-state index is 0.0387. The molecule has 0 bridgehead atoms. The second-order valence-electron chi connectivity index (χ2n) is 6.55. The number of carbonyl (C=O) groups excluding carboxylic acids is 1. The maximum atomic E-state index is 12.7. The van der Waals surface area contributed by atoms with Gasteiger partial charge in [0, 0.05) is 24.5 Å². The number of nitrogens with zero attached hydrogens (tertiary/aromatic N) is 1. The molecule has 0 aliphatic heterocycles. The van der Waals surface area contributed by atoms with E-state index in [0.29, 0.717) is 0 Å². The minimum atomic E-state index is -1.17. The summed E-state index contributed by atoms with van der Waals surface area (Å²) in [4.78, 5) is 34.7. The third-order valence-electron chi connectivity index (χ3n) is 4.20. The average molecular weight is 418 g/mol. The summed E-state index contributed by atoms with van der Waals surface area (Å²) >= 11 is 0.746. The number of nitrogens with two attached hydrogens (primary N) is 1. The Morgan fingerprint density at radius 1 is 1.21 bits per heavy atom. The second-order valence-corrected chi connectivity index (χ2v) is 7.35. The number of carboxylic acids is 1. The number of hydrogen-bond acceptors (Lipinski definition) is 7. The van der Waals surface area contributed by atoms with E-state index in [0.717, 1.165) is 23.2 Å². The molecule has 2 rings (SSSR count). The molecule has 29 heavy (non-hydrogen) atoms. The maximum absolute atomic E-state index is 12.7. The molecule has 2 unspecified atom stereocenters. The van der Waals surface area contributed by atoms with Gasteiger partial charge in [-0.05, 0) is 37.0 Å². The quantitative estimate of drug-likeness (QED) is 0.323. The number of benzene rings is 2. The lowest BCUT2D eigenvalue weighted by molar-refractivity contribution is -0.387. The highest BCUT2D eigenvalue weighted by Crippen LogP contribution is 2.32. The van der Waals surface area contributed by atoms with Crippen LogP contribution < -0.4 is 5.73 Å². The third kappa shape index (κ3) is 6.97. The zero-order valence-corrected chi connectivity index (χ0v) is 16.6. The molecule has 0 saturated carbocycles. The van der Waals surface area contributed by atoms with Crippen molar-refractivity contribution >= 4 is 29.5 Å². The highest BCUT2D eigenvalue weighted by Gasteiger charge is 2.25. The van der Waals surface area contributed by atoms with Crippen LogP contribution in [0.5, 0.6) is 0 Å². The fraction of sp³-hybridized carbons (Fsp3) is 0.300. The Morgan fingerprint density at radius 2 is 1.90 bits per heavy atom. The van der Waals surface area contributed by atoms with E-state index in [4.69, 9.17) is 15.0 Å². The van der Waals surface area contributed by atoms with Crippen LogP contribution in [0, 0.1) is 17.0 Å².